The molecule has 1 aliphatic heterocycles. The minimum atomic E-state index is -3.66. The van der Waals surface area contributed by atoms with Crippen LogP contribution in [-0.2, 0) is 21.5 Å². The van der Waals surface area contributed by atoms with Crippen LogP contribution < -0.4 is 4.72 Å². The van der Waals surface area contributed by atoms with Crippen LogP contribution in [-0.4, -0.2) is 47.0 Å². The van der Waals surface area contributed by atoms with E-state index in [0.29, 0.717) is 18.7 Å². The number of nitrogens with one attached hydrogen (secondary N) is 1. The van der Waals surface area contributed by atoms with Crippen molar-refractivity contribution in [3.8, 4) is 0 Å². The van der Waals surface area contributed by atoms with Crippen LogP contribution in [0.15, 0.2) is 4.52 Å². The molecule has 1 aromatic rings. The molecule has 0 bridgehead atoms. The van der Waals surface area contributed by atoms with Gasteiger partial charge in [0, 0.05) is 13.1 Å². The average molecular weight is 304 g/mol. The van der Waals surface area contributed by atoms with Crippen LogP contribution in [0.25, 0.3) is 0 Å². The fourth-order valence-corrected chi connectivity index (χ4v) is 3.18. The lowest BCUT2D eigenvalue weighted by molar-refractivity contribution is -0.142. The number of carboxylic acids is 1. The highest BCUT2D eigenvalue weighted by Crippen LogP contribution is 2.19. The molecule has 0 aromatic carbocycles. The Morgan fingerprint density at radius 3 is 2.65 bits per heavy atom. The second kappa shape index (κ2) is 5.85. The number of nitrogens with zero attached hydrogens (tertiary/aromatic N) is 3. The van der Waals surface area contributed by atoms with Crippen molar-refractivity contribution in [2.24, 2.45) is 5.92 Å². The molecule has 20 heavy (non-hydrogen) atoms. The molecule has 2 rings (SSSR count). The van der Waals surface area contributed by atoms with E-state index in [-0.39, 0.29) is 25.5 Å². The van der Waals surface area contributed by atoms with Crippen LogP contribution in [0.3, 0.4) is 0 Å². The van der Waals surface area contributed by atoms with Gasteiger partial charge < -0.3 is 9.63 Å². The topological polar surface area (TPSA) is 126 Å². The van der Waals surface area contributed by atoms with Gasteiger partial charge in [-0.05, 0) is 19.8 Å². The van der Waals surface area contributed by atoms with Gasteiger partial charge in [0.05, 0.1) is 12.5 Å². The summed E-state index contributed by atoms with van der Waals surface area (Å²) in [4.78, 5) is 14.7. The van der Waals surface area contributed by atoms with E-state index in [1.165, 1.54) is 4.31 Å². The molecule has 2 heterocycles. The fraction of sp³-hybridized carbons (Fsp3) is 0.700. The Hall–Kier alpha value is -1.52. The fourth-order valence-electron chi connectivity index (χ4n) is 2.00. The summed E-state index contributed by atoms with van der Waals surface area (Å²) >= 11 is 0. The molecule has 0 atom stereocenters. The smallest absolute Gasteiger partial charge is 0.306 e. The SMILES string of the molecule is Cc1noc(CNS(=O)(=O)N2CCC(C(=O)O)CC2)n1. The quantitative estimate of drug-likeness (QED) is 0.751. The third kappa shape index (κ3) is 3.52. The van der Waals surface area contributed by atoms with Crippen molar-refractivity contribution < 1.29 is 22.8 Å². The Labute approximate surface area is 116 Å². The van der Waals surface area contributed by atoms with E-state index < -0.39 is 22.1 Å². The summed E-state index contributed by atoms with van der Waals surface area (Å²) in [5, 5.41) is 12.4. The van der Waals surface area contributed by atoms with Gasteiger partial charge in [-0.1, -0.05) is 5.16 Å². The molecule has 0 unspecified atom stereocenters. The number of aryl methyl sites for hydroxylation is 1. The maximum absolute atomic E-state index is 12.0. The van der Waals surface area contributed by atoms with Gasteiger partial charge in [0.2, 0.25) is 5.89 Å². The minimum Gasteiger partial charge on any atom is -0.481 e. The molecule has 1 aliphatic rings. The number of piperidine rings is 1. The highest BCUT2D eigenvalue weighted by molar-refractivity contribution is 7.87. The molecular formula is C10H16N4O5S. The van der Waals surface area contributed by atoms with Gasteiger partial charge in [0.25, 0.3) is 10.2 Å². The van der Waals surface area contributed by atoms with Gasteiger partial charge in [-0.2, -0.15) is 22.4 Å². The van der Waals surface area contributed by atoms with E-state index in [1.807, 2.05) is 0 Å². The van der Waals surface area contributed by atoms with Gasteiger partial charge in [-0.3, -0.25) is 4.79 Å². The van der Waals surface area contributed by atoms with E-state index in [2.05, 4.69) is 14.9 Å². The second-order valence-corrected chi connectivity index (χ2v) is 6.33. The van der Waals surface area contributed by atoms with Crippen molar-refractivity contribution in [1.29, 1.82) is 0 Å². The molecular weight excluding hydrogens is 288 g/mol. The Bertz CT molecular complexity index is 576. The first kappa shape index (κ1) is 14.9. The molecule has 1 saturated heterocycles. The third-order valence-electron chi connectivity index (χ3n) is 3.12. The monoisotopic (exact) mass is 304 g/mol. The van der Waals surface area contributed by atoms with Crippen LogP contribution in [0, 0.1) is 12.8 Å². The van der Waals surface area contributed by atoms with Crippen molar-refractivity contribution in [2.45, 2.75) is 26.3 Å². The Balaban J connectivity index is 1.89. The first-order valence-electron chi connectivity index (χ1n) is 6.15. The minimum absolute atomic E-state index is 0.0813. The summed E-state index contributed by atoms with van der Waals surface area (Å²) in [5.74, 6) is -0.732. The molecule has 0 spiro atoms. The lowest BCUT2D eigenvalue weighted by Gasteiger charge is -2.28. The van der Waals surface area contributed by atoms with Crippen molar-refractivity contribution in [3.63, 3.8) is 0 Å². The maximum atomic E-state index is 12.0. The Kier molecular flexibility index (Phi) is 4.35. The number of aliphatic carboxylic acids is 1. The van der Waals surface area contributed by atoms with Crippen LogP contribution in [0.4, 0.5) is 0 Å². The van der Waals surface area contributed by atoms with Crippen molar-refractivity contribution in [2.75, 3.05) is 13.1 Å². The summed E-state index contributed by atoms with van der Waals surface area (Å²) in [5.41, 5.74) is 0. The zero-order valence-electron chi connectivity index (χ0n) is 10.9. The van der Waals surface area contributed by atoms with Gasteiger partial charge in [0.15, 0.2) is 5.82 Å². The standard InChI is InChI=1S/C10H16N4O5S/c1-7-12-9(19-13-7)6-11-20(17,18)14-4-2-8(3-5-14)10(15)16/h8,11H,2-6H2,1H3,(H,15,16). The van der Waals surface area contributed by atoms with Gasteiger partial charge in [0.1, 0.15) is 0 Å². The van der Waals surface area contributed by atoms with Gasteiger partial charge in [-0.25, -0.2) is 0 Å². The highest BCUT2D eigenvalue weighted by atomic mass is 32.2. The summed E-state index contributed by atoms with van der Waals surface area (Å²) in [6.07, 6.45) is 0.631. The Morgan fingerprint density at radius 2 is 2.15 bits per heavy atom. The van der Waals surface area contributed by atoms with Crippen LogP contribution in [0.1, 0.15) is 24.6 Å². The summed E-state index contributed by atoms with van der Waals surface area (Å²) in [6.45, 7) is 1.94. The van der Waals surface area contributed by atoms with E-state index in [4.69, 9.17) is 9.63 Å². The molecule has 2 N–H and O–H groups in total. The van der Waals surface area contributed by atoms with Crippen LogP contribution in [0.5, 0.6) is 0 Å². The first-order chi connectivity index (χ1) is 9.38. The van der Waals surface area contributed by atoms with Crippen LogP contribution >= 0.6 is 0 Å². The van der Waals surface area contributed by atoms with Crippen molar-refractivity contribution in [1.82, 2.24) is 19.2 Å². The molecule has 0 radical (unpaired) electrons. The molecule has 9 nitrogen and oxygen atoms in total. The molecule has 112 valence electrons. The lowest BCUT2D eigenvalue weighted by atomic mass is 9.99. The first-order valence-corrected chi connectivity index (χ1v) is 7.59. The maximum Gasteiger partial charge on any atom is 0.306 e. The van der Waals surface area contributed by atoms with E-state index >= 15 is 0 Å². The van der Waals surface area contributed by atoms with E-state index in [9.17, 15) is 13.2 Å². The Morgan fingerprint density at radius 1 is 1.50 bits per heavy atom. The predicted octanol–water partition coefficient (Wildman–Crippen LogP) is -0.491. The molecule has 0 aliphatic carbocycles. The molecule has 0 amide bonds. The summed E-state index contributed by atoms with van der Waals surface area (Å²) < 4.78 is 32.4. The summed E-state index contributed by atoms with van der Waals surface area (Å²) in [7, 11) is -3.66. The van der Waals surface area contributed by atoms with Crippen LogP contribution in [0.2, 0.25) is 0 Å². The number of hydrogen-bond acceptors (Lipinski definition) is 6. The zero-order chi connectivity index (χ0) is 14.8. The largest absolute Gasteiger partial charge is 0.481 e. The van der Waals surface area contributed by atoms with Gasteiger partial charge >= 0.3 is 5.97 Å². The van der Waals surface area contributed by atoms with E-state index in [0.717, 1.165) is 0 Å². The molecule has 1 fully saturated rings. The number of carbonyl (C=O) groups is 1. The summed E-state index contributed by atoms with van der Waals surface area (Å²) in [6, 6.07) is 0. The zero-order valence-corrected chi connectivity index (χ0v) is 11.8. The van der Waals surface area contributed by atoms with Crippen molar-refractivity contribution in [3.05, 3.63) is 11.7 Å². The molecule has 10 heteroatoms. The van der Waals surface area contributed by atoms with E-state index in [1.54, 1.807) is 6.92 Å². The number of rotatable bonds is 5. The number of aromatic nitrogens is 2. The second-order valence-electron chi connectivity index (χ2n) is 4.57. The molecule has 1 aromatic heterocycles. The lowest BCUT2D eigenvalue weighted by Crippen LogP contribution is -2.45. The van der Waals surface area contributed by atoms with Crippen molar-refractivity contribution >= 4 is 16.2 Å². The molecule has 0 saturated carbocycles. The average Bonchev–Trinajstić information content (AvgIpc) is 2.82. The van der Waals surface area contributed by atoms with Gasteiger partial charge in [-0.15, -0.1) is 0 Å². The highest BCUT2D eigenvalue weighted by Gasteiger charge is 2.30. The number of carboxylic acid groups (broad SMARTS) is 1. The predicted molar refractivity (Wildman–Crippen MR) is 66.7 cm³/mol. The normalized spacial score (nSPS) is 18.2. The number of hydrogen-bond donors (Lipinski definition) is 2. The third-order valence-corrected chi connectivity index (χ3v) is 4.67.